The first kappa shape index (κ1) is 10.7. The number of aromatic hydroxyl groups is 1. The van der Waals surface area contributed by atoms with E-state index in [0.717, 1.165) is 30.6 Å². The lowest BCUT2D eigenvalue weighted by Crippen LogP contribution is -2.01. The molecule has 1 aromatic carbocycles. The van der Waals surface area contributed by atoms with Gasteiger partial charge in [-0.05, 0) is 25.0 Å². The average Bonchev–Trinajstić information content (AvgIpc) is 2.69. The van der Waals surface area contributed by atoms with Gasteiger partial charge in [0.05, 0.1) is 17.6 Å². The van der Waals surface area contributed by atoms with Crippen LogP contribution in [-0.2, 0) is 6.42 Å². The number of para-hydroxylation sites is 1. The summed E-state index contributed by atoms with van der Waals surface area (Å²) in [7, 11) is 0. The lowest BCUT2D eigenvalue weighted by atomic mass is 10.2. The monoisotopic (exact) mass is 216 g/mol. The number of unbranched alkanes of at least 4 members (excludes halogenated alkanes) is 1. The summed E-state index contributed by atoms with van der Waals surface area (Å²) in [6.07, 6.45) is 4.54. The van der Waals surface area contributed by atoms with Crippen molar-refractivity contribution in [2.24, 2.45) is 0 Å². The van der Waals surface area contributed by atoms with E-state index in [4.69, 9.17) is 0 Å². The first-order chi connectivity index (χ1) is 7.83. The Morgan fingerprint density at radius 1 is 1.25 bits per heavy atom. The summed E-state index contributed by atoms with van der Waals surface area (Å²) >= 11 is 0. The molecule has 16 heavy (non-hydrogen) atoms. The highest BCUT2D eigenvalue weighted by Gasteiger charge is 2.10. The Labute approximate surface area is 95.3 Å². The second-order valence-electron chi connectivity index (χ2n) is 3.83. The molecule has 1 N–H and O–H groups in total. The second kappa shape index (κ2) is 4.84. The van der Waals surface area contributed by atoms with Gasteiger partial charge < -0.3 is 5.11 Å². The molecule has 0 atom stereocenters. The Bertz CT molecular complexity index is 448. The number of benzene rings is 1. The first-order valence-corrected chi connectivity index (χ1v) is 5.64. The number of aromatic nitrogens is 2. The highest BCUT2D eigenvalue weighted by Crippen LogP contribution is 2.21. The second-order valence-corrected chi connectivity index (χ2v) is 3.83. The molecule has 0 radical (unpaired) electrons. The fourth-order valence-corrected chi connectivity index (χ4v) is 1.74. The summed E-state index contributed by atoms with van der Waals surface area (Å²) in [4.78, 5) is 0. The highest BCUT2D eigenvalue weighted by molar-refractivity contribution is 5.36. The molecule has 0 spiro atoms. The maximum Gasteiger partial charge on any atom is 0.157 e. The van der Waals surface area contributed by atoms with Crippen LogP contribution in [0.4, 0.5) is 0 Å². The fourth-order valence-electron chi connectivity index (χ4n) is 1.74. The normalized spacial score (nSPS) is 10.6. The standard InChI is InChI=1S/C13H16N2O/c1-2-3-9-12-13(16)10-14-15(12)11-7-5-4-6-8-11/h4-8,10,16H,2-3,9H2,1H3. The molecule has 2 aromatic rings. The van der Waals surface area contributed by atoms with Crippen LogP contribution in [0.25, 0.3) is 5.69 Å². The van der Waals surface area contributed by atoms with Gasteiger partial charge in [0, 0.05) is 0 Å². The molecule has 0 aliphatic carbocycles. The zero-order chi connectivity index (χ0) is 11.4. The third kappa shape index (κ3) is 2.08. The van der Waals surface area contributed by atoms with Crippen molar-refractivity contribution in [3.05, 3.63) is 42.2 Å². The smallest absolute Gasteiger partial charge is 0.157 e. The molecule has 0 unspecified atom stereocenters. The van der Waals surface area contributed by atoms with Crippen molar-refractivity contribution in [3.8, 4) is 11.4 Å². The van der Waals surface area contributed by atoms with Crippen LogP contribution in [0.2, 0.25) is 0 Å². The zero-order valence-corrected chi connectivity index (χ0v) is 9.43. The lowest BCUT2D eigenvalue weighted by Gasteiger charge is -2.06. The van der Waals surface area contributed by atoms with E-state index >= 15 is 0 Å². The molecule has 84 valence electrons. The van der Waals surface area contributed by atoms with Crippen LogP contribution in [0.1, 0.15) is 25.5 Å². The van der Waals surface area contributed by atoms with Crippen LogP contribution in [0.5, 0.6) is 5.75 Å². The third-order valence-electron chi connectivity index (χ3n) is 2.61. The molecule has 1 heterocycles. The number of hydrogen-bond acceptors (Lipinski definition) is 2. The largest absolute Gasteiger partial charge is 0.504 e. The van der Waals surface area contributed by atoms with Crippen LogP contribution in [-0.4, -0.2) is 14.9 Å². The van der Waals surface area contributed by atoms with E-state index in [1.54, 1.807) is 0 Å². The van der Waals surface area contributed by atoms with Gasteiger partial charge in [-0.2, -0.15) is 5.10 Å². The molecule has 1 aromatic heterocycles. The molecular weight excluding hydrogens is 200 g/mol. The number of rotatable bonds is 4. The Balaban J connectivity index is 2.34. The molecule has 3 nitrogen and oxygen atoms in total. The quantitative estimate of drug-likeness (QED) is 0.853. The van der Waals surface area contributed by atoms with Crippen LogP contribution in [0, 0.1) is 0 Å². The van der Waals surface area contributed by atoms with Gasteiger partial charge in [0.2, 0.25) is 0 Å². The van der Waals surface area contributed by atoms with Crippen molar-refractivity contribution in [3.63, 3.8) is 0 Å². The molecule has 0 bridgehead atoms. The molecule has 0 saturated heterocycles. The average molecular weight is 216 g/mol. The first-order valence-electron chi connectivity index (χ1n) is 5.64. The highest BCUT2D eigenvalue weighted by atomic mass is 16.3. The van der Waals surface area contributed by atoms with Gasteiger partial charge in [-0.15, -0.1) is 0 Å². The minimum atomic E-state index is 0.289. The molecule has 0 fully saturated rings. The number of nitrogens with zero attached hydrogens (tertiary/aromatic N) is 2. The van der Waals surface area contributed by atoms with Crippen molar-refractivity contribution in [2.75, 3.05) is 0 Å². The van der Waals surface area contributed by atoms with E-state index in [-0.39, 0.29) is 5.75 Å². The van der Waals surface area contributed by atoms with Crippen LogP contribution < -0.4 is 0 Å². The van der Waals surface area contributed by atoms with Gasteiger partial charge in [-0.1, -0.05) is 31.5 Å². The van der Waals surface area contributed by atoms with Crippen molar-refractivity contribution < 1.29 is 5.11 Å². The van der Waals surface area contributed by atoms with E-state index in [0.29, 0.717) is 0 Å². The van der Waals surface area contributed by atoms with Crippen LogP contribution in [0.15, 0.2) is 36.5 Å². The van der Waals surface area contributed by atoms with E-state index in [2.05, 4.69) is 12.0 Å². The van der Waals surface area contributed by atoms with Gasteiger partial charge in [0.1, 0.15) is 0 Å². The summed E-state index contributed by atoms with van der Waals surface area (Å²) in [6.45, 7) is 2.14. The van der Waals surface area contributed by atoms with Gasteiger partial charge in [0.25, 0.3) is 0 Å². The lowest BCUT2D eigenvalue weighted by molar-refractivity contribution is 0.465. The Kier molecular flexibility index (Phi) is 3.25. The molecule has 0 amide bonds. The maximum atomic E-state index is 9.74. The minimum Gasteiger partial charge on any atom is -0.504 e. The molecule has 3 heteroatoms. The summed E-state index contributed by atoms with van der Waals surface area (Å²) < 4.78 is 1.81. The molecule has 0 aliphatic rings. The SMILES string of the molecule is CCCCc1c(O)cnn1-c1ccccc1. The van der Waals surface area contributed by atoms with E-state index in [1.807, 2.05) is 35.0 Å². The van der Waals surface area contributed by atoms with Crippen molar-refractivity contribution in [1.82, 2.24) is 9.78 Å². The Morgan fingerprint density at radius 2 is 2.00 bits per heavy atom. The molecule has 2 rings (SSSR count). The van der Waals surface area contributed by atoms with Crippen molar-refractivity contribution in [1.29, 1.82) is 0 Å². The van der Waals surface area contributed by atoms with Gasteiger partial charge in [-0.3, -0.25) is 0 Å². The predicted octanol–water partition coefficient (Wildman–Crippen LogP) is 2.92. The Morgan fingerprint density at radius 3 is 2.69 bits per heavy atom. The summed E-state index contributed by atoms with van der Waals surface area (Å²) in [5.74, 6) is 0.289. The summed E-state index contributed by atoms with van der Waals surface area (Å²) in [5, 5.41) is 13.9. The molecule has 0 aliphatic heterocycles. The summed E-state index contributed by atoms with van der Waals surface area (Å²) in [6, 6.07) is 9.89. The van der Waals surface area contributed by atoms with Crippen LogP contribution >= 0.6 is 0 Å². The topological polar surface area (TPSA) is 38.1 Å². The molecular formula is C13H16N2O. The maximum absolute atomic E-state index is 9.74. The summed E-state index contributed by atoms with van der Waals surface area (Å²) in [5.41, 5.74) is 1.89. The number of hydrogen-bond donors (Lipinski definition) is 1. The predicted molar refractivity (Wildman–Crippen MR) is 63.8 cm³/mol. The fraction of sp³-hybridized carbons (Fsp3) is 0.308. The van der Waals surface area contributed by atoms with Gasteiger partial charge in [-0.25, -0.2) is 4.68 Å². The van der Waals surface area contributed by atoms with E-state index in [1.165, 1.54) is 6.20 Å². The third-order valence-corrected chi connectivity index (χ3v) is 2.61. The van der Waals surface area contributed by atoms with Crippen LogP contribution in [0.3, 0.4) is 0 Å². The van der Waals surface area contributed by atoms with E-state index < -0.39 is 0 Å². The van der Waals surface area contributed by atoms with Crippen molar-refractivity contribution in [2.45, 2.75) is 26.2 Å². The molecule has 0 saturated carbocycles. The van der Waals surface area contributed by atoms with Crippen molar-refractivity contribution >= 4 is 0 Å². The Hall–Kier alpha value is -1.77. The van der Waals surface area contributed by atoms with E-state index in [9.17, 15) is 5.11 Å². The van der Waals surface area contributed by atoms with Gasteiger partial charge >= 0.3 is 0 Å². The minimum absolute atomic E-state index is 0.289. The zero-order valence-electron chi connectivity index (χ0n) is 9.43. The van der Waals surface area contributed by atoms with Gasteiger partial charge in [0.15, 0.2) is 5.75 Å².